The Labute approximate surface area is 157 Å². The molecule has 2 aliphatic rings. The maximum atomic E-state index is 13.8. The summed E-state index contributed by atoms with van der Waals surface area (Å²) in [4.78, 5) is 18.6. The predicted octanol–water partition coefficient (Wildman–Crippen LogP) is 3.16. The van der Waals surface area contributed by atoms with Crippen molar-refractivity contribution in [2.45, 2.75) is 18.7 Å². The first kappa shape index (κ1) is 16.8. The number of carbonyl (C=O) groups is 1. The predicted molar refractivity (Wildman–Crippen MR) is 94.4 cm³/mol. The number of hydrogen-bond donors (Lipinski definition) is 1. The first-order valence-electron chi connectivity index (χ1n) is 8.71. The van der Waals surface area contributed by atoms with E-state index in [9.17, 15) is 13.6 Å². The fourth-order valence-electron chi connectivity index (χ4n) is 3.68. The van der Waals surface area contributed by atoms with Crippen molar-refractivity contribution in [2.24, 2.45) is 0 Å². The lowest BCUT2D eigenvalue weighted by molar-refractivity contribution is 0.0288. The van der Waals surface area contributed by atoms with E-state index in [1.165, 1.54) is 13.2 Å². The number of ether oxygens (including phenoxy) is 2. The van der Waals surface area contributed by atoms with Gasteiger partial charge in [0.25, 0.3) is 11.9 Å². The normalized spacial score (nSPS) is 20.7. The molecule has 9 heteroatoms. The van der Waals surface area contributed by atoms with Gasteiger partial charge >= 0.3 is 0 Å². The van der Waals surface area contributed by atoms with Crippen LogP contribution in [0.4, 0.5) is 14.8 Å². The Bertz CT molecular complexity index is 1100. The molecule has 1 saturated heterocycles. The zero-order chi connectivity index (χ0) is 19.4. The zero-order valence-corrected chi connectivity index (χ0v) is 14.7. The molecule has 3 aromatic rings. The Morgan fingerprint density at radius 1 is 1.29 bits per heavy atom. The number of oxazole rings is 1. The highest BCUT2D eigenvalue weighted by Crippen LogP contribution is 2.38. The fourth-order valence-corrected chi connectivity index (χ4v) is 3.68. The maximum absolute atomic E-state index is 13.8. The van der Waals surface area contributed by atoms with Crippen LogP contribution in [0.25, 0.3) is 11.1 Å². The number of aromatic nitrogens is 1. The molecule has 2 aromatic carbocycles. The van der Waals surface area contributed by atoms with E-state index in [1.54, 1.807) is 23.1 Å². The molecule has 0 spiro atoms. The first-order chi connectivity index (χ1) is 13.5. The first-order valence-corrected chi connectivity index (χ1v) is 8.71. The van der Waals surface area contributed by atoms with Crippen LogP contribution in [-0.4, -0.2) is 41.7 Å². The summed E-state index contributed by atoms with van der Waals surface area (Å²) < 4.78 is 43.7. The molecule has 7 nitrogen and oxygen atoms in total. The van der Waals surface area contributed by atoms with Crippen molar-refractivity contribution < 1.29 is 27.5 Å². The van der Waals surface area contributed by atoms with Crippen LogP contribution in [0, 0.1) is 11.6 Å². The molecular formula is C19H15F2N3O4. The van der Waals surface area contributed by atoms with Gasteiger partial charge in [0.15, 0.2) is 17.6 Å². The van der Waals surface area contributed by atoms with Crippen LogP contribution in [0.5, 0.6) is 11.5 Å². The largest absolute Gasteiger partial charge is 0.496 e. The van der Waals surface area contributed by atoms with Gasteiger partial charge in [0.2, 0.25) is 5.82 Å². The maximum Gasteiger partial charge on any atom is 0.296 e. The number of hydrogen-bond acceptors (Lipinski definition) is 6. The summed E-state index contributed by atoms with van der Waals surface area (Å²) in [5.41, 5.74) is 0.352. The average molecular weight is 387 g/mol. The van der Waals surface area contributed by atoms with E-state index in [0.717, 1.165) is 6.07 Å². The molecule has 5 rings (SSSR count). The van der Waals surface area contributed by atoms with Gasteiger partial charge < -0.3 is 24.1 Å². The second-order valence-corrected chi connectivity index (χ2v) is 6.67. The lowest BCUT2D eigenvalue weighted by Crippen LogP contribution is -2.43. The number of anilines is 1. The topological polar surface area (TPSA) is 76.8 Å². The lowest BCUT2D eigenvalue weighted by Gasteiger charge is -2.31. The van der Waals surface area contributed by atoms with Crippen molar-refractivity contribution in [1.82, 2.24) is 9.88 Å². The molecule has 144 valence electrons. The molecule has 2 aliphatic heterocycles. The molecule has 0 saturated carbocycles. The quantitative estimate of drug-likeness (QED) is 0.744. The summed E-state index contributed by atoms with van der Waals surface area (Å²) in [5, 5.41) is 3.04. The summed E-state index contributed by atoms with van der Waals surface area (Å²) >= 11 is 0. The van der Waals surface area contributed by atoms with Gasteiger partial charge in [0.1, 0.15) is 22.6 Å². The summed E-state index contributed by atoms with van der Waals surface area (Å²) in [7, 11) is 1.50. The van der Waals surface area contributed by atoms with Crippen molar-refractivity contribution in [1.29, 1.82) is 0 Å². The highest BCUT2D eigenvalue weighted by molar-refractivity contribution is 6.01. The molecule has 0 bridgehead atoms. The number of halogens is 2. The molecule has 1 aromatic heterocycles. The molecule has 28 heavy (non-hydrogen) atoms. The van der Waals surface area contributed by atoms with Crippen LogP contribution in [0.1, 0.15) is 16.8 Å². The van der Waals surface area contributed by atoms with Crippen LogP contribution in [-0.2, 0) is 0 Å². The Morgan fingerprint density at radius 2 is 2.14 bits per heavy atom. The summed E-state index contributed by atoms with van der Waals surface area (Å²) in [6, 6.07) is 7.37. The second kappa shape index (κ2) is 6.08. The van der Waals surface area contributed by atoms with Crippen molar-refractivity contribution in [3.63, 3.8) is 0 Å². The van der Waals surface area contributed by atoms with E-state index in [1.807, 2.05) is 0 Å². The number of rotatable bonds is 3. The van der Waals surface area contributed by atoms with E-state index < -0.39 is 17.9 Å². The third-order valence-electron chi connectivity index (χ3n) is 4.97. The molecule has 0 radical (unpaired) electrons. The van der Waals surface area contributed by atoms with E-state index in [0.29, 0.717) is 30.0 Å². The van der Waals surface area contributed by atoms with Crippen LogP contribution in [0.15, 0.2) is 34.7 Å². The molecule has 1 N–H and O–H groups in total. The van der Waals surface area contributed by atoms with E-state index in [4.69, 9.17) is 13.9 Å². The number of nitrogens with zero attached hydrogens (tertiary/aromatic N) is 2. The number of fused-ring (bicyclic) bond motifs is 3. The Hall–Kier alpha value is -3.36. The highest BCUT2D eigenvalue weighted by atomic mass is 19.2. The lowest BCUT2D eigenvalue weighted by atomic mass is 10.1. The van der Waals surface area contributed by atoms with Gasteiger partial charge in [-0.1, -0.05) is 6.07 Å². The van der Waals surface area contributed by atoms with Crippen LogP contribution < -0.4 is 14.8 Å². The van der Waals surface area contributed by atoms with Gasteiger partial charge in [-0.25, -0.2) is 4.39 Å². The average Bonchev–Trinajstić information content (AvgIpc) is 3.28. The monoisotopic (exact) mass is 387 g/mol. The van der Waals surface area contributed by atoms with Crippen molar-refractivity contribution in [2.75, 3.05) is 19.0 Å². The van der Waals surface area contributed by atoms with E-state index >= 15 is 0 Å². The molecule has 0 aliphatic carbocycles. The molecule has 2 atom stereocenters. The van der Waals surface area contributed by atoms with Gasteiger partial charge in [-0.2, -0.15) is 9.37 Å². The minimum atomic E-state index is -1.08. The standard InChI is InChI=1S/C19H15F2N3O4/c1-26-12-3-2-4-13-15(12)18(25)24-8-9(7-14(24)27-13)22-19-23-11-6-5-10(20)16(21)17(11)28-19/h2-6,9,14H,7-8H2,1H3,(H,22,23)/t9-,14?/m1/s1. The van der Waals surface area contributed by atoms with Gasteiger partial charge in [0, 0.05) is 13.0 Å². The van der Waals surface area contributed by atoms with E-state index in [-0.39, 0.29) is 29.1 Å². The molecule has 3 heterocycles. The number of methoxy groups -OCH3 is 1. The molecule has 1 fully saturated rings. The molecule has 1 unspecified atom stereocenters. The van der Waals surface area contributed by atoms with Gasteiger partial charge in [-0.05, 0) is 24.3 Å². The van der Waals surface area contributed by atoms with Crippen molar-refractivity contribution >= 4 is 23.0 Å². The summed E-state index contributed by atoms with van der Waals surface area (Å²) in [5.74, 6) is -1.33. The van der Waals surface area contributed by atoms with Crippen LogP contribution in [0.2, 0.25) is 0 Å². The SMILES string of the molecule is COc1cccc2c1C(=O)N1C[C@H](Nc3nc4ccc(F)c(F)c4o3)CC1O2. The number of carbonyl (C=O) groups excluding carboxylic acids is 1. The van der Waals surface area contributed by atoms with Crippen LogP contribution in [0.3, 0.4) is 0 Å². The smallest absolute Gasteiger partial charge is 0.296 e. The zero-order valence-electron chi connectivity index (χ0n) is 14.7. The minimum absolute atomic E-state index is 0.0619. The third-order valence-corrected chi connectivity index (χ3v) is 4.97. The number of nitrogens with one attached hydrogen (secondary N) is 1. The number of benzene rings is 2. The summed E-state index contributed by atoms with van der Waals surface area (Å²) in [6.07, 6.45) is 0.0426. The van der Waals surface area contributed by atoms with Crippen LogP contribution >= 0.6 is 0 Å². The summed E-state index contributed by atoms with van der Waals surface area (Å²) in [6.45, 7) is 0.344. The Morgan fingerprint density at radius 3 is 2.96 bits per heavy atom. The number of amides is 1. The fraction of sp³-hybridized carbons (Fsp3) is 0.263. The minimum Gasteiger partial charge on any atom is -0.496 e. The second-order valence-electron chi connectivity index (χ2n) is 6.67. The molecular weight excluding hydrogens is 372 g/mol. The van der Waals surface area contributed by atoms with E-state index in [2.05, 4.69) is 10.3 Å². The van der Waals surface area contributed by atoms with Gasteiger partial charge in [-0.15, -0.1) is 0 Å². The molecule has 1 amide bonds. The van der Waals surface area contributed by atoms with Crippen molar-refractivity contribution in [3.05, 3.63) is 47.5 Å². The van der Waals surface area contributed by atoms with Crippen molar-refractivity contribution in [3.8, 4) is 11.5 Å². The van der Waals surface area contributed by atoms with Gasteiger partial charge in [-0.3, -0.25) is 4.79 Å². The van der Waals surface area contributed by atoms with Gasteiger partial charge in [0.05, 0.1) is 13.2 Å². The Balaban J connectivity index is 1.38. The highest BCUT2D eigenvalue weighted by Gasteiger charge is 2.43. The Kier molecular flexibility index (Phi) is 3.65. The third kappa shape index (κ3) is 2.46.